The summed E-state index contributed by atoms with van der Waals surface area (Å²) in [6, 6.07) is 12.6. The zero-order valence-electron chi connectivity index (χ0n) is 15.8. The number of aryl methyl sites for hydroxylation is 1. The summed E-state index contributed by atoms with van der Waals surface area (Å²) in [5.74, 6) is 0.349. The lowest BCUT2D eigenvalue weighted by Crippen LogP contribution is -2.41. The molecule has 6 nitrogen and oxygen atoms in total. The summed E-state index contributed by atoms with van der Waals surface area (Å²) in [4.78, 5) is 14.2. The van der Waals surface area contributed by atoms with Crippen LogP contribution in [0.1, 0.15) is 11.1 Å². The van der Waals surface area contributed by atoms with Gasteiger partial charge in [-0.1, -0.05) is 34.1 Å². The Balaban J connectivity index is 2.23. The number of carbonyl (C=O) groups excluding carboxylic acids is 1. The number of rotatable bonds is 7. The monoisotopic (exact) mass is 454 g/mol. The molecular formula is C19H23BrN2O4S. The van der Waals surface area contributed by atoms with E-state index in [9.17, 15) is 13.2 Å². The van der Waals surface area contributed by atoms with Crippen LogP contribution in [-0.4, -0.2) is 46.2 Å². The molecule has 1 amide bonds. The highest BCUT2D eigenvalue weighted by Gasteiger charge is 2.24. The fourth-order valence-electron chi connectivity index (χ4n) is 2.68. The highest BCUT2D eigenvalue weighted by molar-refractivity contribution is 9.10. The molecule has 0 heterocycles. The molecule has 0 saturated carbocycles. The molecule has 8 heteroatoms. The molecule has 0 fully saturated rings. The molecule has 0 saturated heterocycles. The fourth-order valence-corrected chi connectivity index (χ4v) is 4.00. The third-order valence-electron chi connectivity index (χ3n) is 4.14. The maximum absolute atomic E-state index is 12.7. The molecule has 146 valence electrons. The van der Waals surface area contributed by atoms with Gasteiger partial charge in [0.05, 0.1) is 19.1 Å². The number of nitrogens with zero attached hydrogens (tertiary/aromatic N) is 2. The maximum atomic E-state index is 12.7. The van der Waals surface area contributed by atoms with Gasteiger partial charge >= 0.3 is 0 Å². The quantitative estimate of drug-likeness (QED) is 0.643. The standard InChI is InChI=1S/C19H23BrN2O4S/c1-14-7-5-6-8-17(14)22(27(4,24)25)13-19(23)21(2)12-15-11-16(20)9-10-18(15)26-3/h5-11H,12-13H2,1-4H3. The van der Waals surface area contributed by atoms with Gasteiger partial charge in [-0.25, -0.2) is 8.42 Å². The molecular weight excluding hydrogens is 432 g/mol. The van der Waals surface area contributed by atoms with Crippen LogP contribution in [0.4, 0.5) is 5.69 Å². The number of hydrogen-bond acceptors (Lipinski definition) is 4. The Morgan fingerprint density at radius 1 is 1.19 bits per heavy atom. The predicted molar refractivity (Wildman–Crippen MR) is 111 cm³/mol. The van der Waals surface area contributed by atoms with Crippen molar-refractivity contribution in [3.8, 4) is 5.75 Å². The lowest BCUT2D eigenvalue weighted by atomic mass is 10.2. The SMILES string of the molecule is COc1ccc(Br)cc1CN(C)C(=O)CN(c1ccccc1C)S(C)(=O)=O. The van der Waals surface area contributed by atoms with E-state index < -0.39 is 10.0 Å². The minimum absolute atomic E-state index is 0.267. The molecule has 0 radical (unpaired) electrons. The average molecular weight is 455 g/mol. The molecule has 0 unspecified atom stereocenters. The molecule has 0 bridgehead atoms. The van der Waals surface area contributed by atoms with E-state index in [1.54, 1.807) is 26.3 Å². The largest absolute Gasteiger partial charge is 0.496 e. The molecule has 2 rings (SSSR count). The van der Waals surface area contributed by atoms with Crippen LogP contribution >= 0.6 is 15.9 Å². The highest BCUT2D eigenvalue weighted by atomic mass is 79.9. The van der Waals surface area contributed by atoms with Gasteiger partial charge in [-0.2, -0.15) is 0 Å². The number of amides is 1. The summed E-state index contributed by atoms with van der Waals surface area (Å²) in [6.07, 6.45) is 1.10. The number of sulfonamides is 1. The second kappa shape index (κ2) is 8.75. The predicted octanol–water partition coefficient (Wildman–Crippen LogP) is 3.19. The number of ether oxygens (including phenoxy) is 1. The second-order valence-corrected chi connectivity index (χ2v) is 9.08. The van der Waals surface area contributed by atoms with E-state index in [4.69, 9.17) is 4.74 Å². The third-order valence-corrected chi connectivity index (χ3v) is 5.76. The lowest BCUT2D eigenvalue weighted by Gasteiger charge is -2.26. The first-order chi connectivity index (χ1) is 12.6. The summed E-state index contributed by atoms with van der Waals surface area (Å²) in [5, 5.41) is 0. The molecule has 27 heavy (non-hydrogen) atoms. The fraction of sp³-hybridized carbons (Fsp3) is 0.316. The topological polar surface area (TPSA) is 66.9 Å². The normalized spacial score (nSPS) is 11.1. The van der Waals surface area contributed by atoms with E-state index in [1.807, 2.05) is 37.3 Å². The first kappa shape index (κ1) is 21.2. The van der Waals surface area contributed by atoms with E-state index in [1.165, 1.54) is 4.90 Å². The highest BCUT2D eigenvalue weighted by Crippen LogP contribution is 2.25. The van der Waals surface area contributed by atoms with Crippen molar-refractivity contribution in [2.24, 2.45) is 0 Å². The smallest absolute Gasteiger partial charge is 0.243 e. The zero-order chi connectivity index (χ0) is 20.2. The van der Waals surface area contributed by atoms with Gasteiger partial charge in [-0.05, 0) is 36.8 Å². The summed E-state index contributed by atoms with van der Waals surface area (Å²) in [5.41, 5.74) is 2.11. The van der Waals surface area contributed by atoms with Gasteiger partial charge in [0.2, 0.25) is 15.9 Å². The number of hydrogen-bond donors (Lipinski definition) is 0. The molecule has 0 aliphatic carbocycles. The van der Waals surface area contributed by atoms with Crippen LogP contribution in [0.2, 0.25) is 0 Å². The molecule has 0 spiro atoms. The van der Waals surface area contributed by atoms with Gasteiger partial charge in [0.25, 0.3) is 0 Å². The number of anilines is 1. The molecule has 0 N–H and O–H groups in total. The zero-order valence-corrected chi connectivity index (χ0v) is 18.2. The Morgan fingerprint density at radius 3 is 2.44 bits per heavy atom. The van der Waals surface area contributed by atoms with Crippen LogP contribution < -0.4 is 9.04 Å². The van der Waals surface area contributed by atoms with E-state index in [-0.39, 0.29) is 12.5 Å². The third kappa shape index (κ3) is 5.46. The summed E-state index contributed by atoms with van der Waals surface area (Å²) in [7, 11) is -0.400. The number of para-hydroxylation sites is 1. The van der Waals surface area contributed by atoms with Crippen molar-refractivity contribution in [3.05, 3.63) is 58.1 Å². The van der Waals surface area contributed by atoms with Gasteiger partial charge in [0.15, 0.2) is 0 Å². The van der Waals surface area contributed by atoms with Gasteiger partial charge in [-0.15, -0.1) is 0 Å². The maximum Gasteiger partial charge on any atom is 0.243 e. The Labute approximate surface area is 168 Å². The molecule has 0 aromatic heterocycles. The summed E-state index contributed by atoms with van der Waals surface area (Å²) >= 11 is 3.41. The van der Waals surface area contributed by atoms with E-state index in [0.717, 1.165) is 26.2 Å². The van der Waals surface area contributed by atoms with Crippen molar-refractivity contribution in [1.82, 2.24) is 4.90 Å². The molecule has 0 aliphatic rings. The van der Waals surface area contributed by atoms with Gasteiger partial charge < -0.3 is 9.64 Å². The summed E-state index contributed by atoms with van der Waals surface area (Å²) < 4.78 is 31.9. The number of likely N-dealkylation sites (N-methyl/N-ethyl adjacent to an activating group) is 1. The number of carbonyl (C=O) groups is 1. The first-order valence-corrected chi connectivity index (χ1v) is 10.9. The van der Waals surface area contributed by atoms with Crippen molar-refractivity contribution in [1.29, 1.82) is 0 Å². The molecule has 0 aliphatic heterocycles. The van der Waals surface area contributed by atoms with E-state index >= 15 is 0 Å². The van der Waals surface area contributed by atoms with Crippen LogP contribution in [-0.2, 0) is 21.4 Å². The van der Waals surface area contributed by atoms with Crippen LogP contribution in [0.15, 0.2) is 46.9 Å². The van der Waals surface area contributed by atoms with Gasteiger partial charge in [-0.3, -0.25) is 9.10 Å². The lowest BCUT2D eigenvalue weighted by molar-refractivity contribution is -0.128. The summed E-state index contributed by atoms with van der Waals surface area (Å²) in [6.45, 7) is 1.84. The Morgan fingerprint density at radius 2 is 1.85 bits per heavy atom. The second-order valence-electron chi connectivity index (χ2n) is 6.26. The molecule has 2 aromatic carbocycles. The number of methoxy groups -OCH3 is 1. The van der Waals surface area contributed by atoms with E-state index in [2.05, 4.69) is 15.9 Å². The molecule has 0 atom stereocenters. The average Bonchev–Trinajstić information content (AvgIpc) is 2.59. The van der Waals surface area contributed by atoms with Gasteiger partial charge in [0, 0.05) is 23.6 Å². The van der Waals surface area contributed by atoms with Crippen molar-refractivity contribution in [2.75, 3.05) is 31.3 Å². The minimum atomic E-state index is -3.61. The van der Waals surface area contributed by atoms with Gasteiger partial charge in [0.1, 0.15) is 12.3 Å². The number of halogens is 1. The van der Waals surface area contributed by atoms with Crippen LogP contribution in [0.3, 0.4) is 0 Å². The Hall–Kier alpha value is -2.06. The Kier molecular flexibility index (Phi) is 6.89. The van der Waals surface area contributed by atoms with Crippen molar-refractivity contribution >= 4 is 37.5 Å². The Bertz CT molecular complexity index is 931. The molecule has 2 aromatic rings. The van der Waals surface area contributed by atoms with E-state index in [0.29, 0.717) is 18.0 Å². The van der Waals surface area contributed by atoms with Crippen molar-refractivity contribution < 1.29 is 17.9 Å². The minimum Gasteiger partial charge on any atom is -0.496 e. The van der Waals surface area contributed by atoms with Crippen molar-refractivity contribution in [3.63, 3.8) is 0 Å². The van der Waals surface area contributed by atoms with Crippen LogP contribution in [0.25, 0.3) is 0 Å². The van der Waals surface area contributed by atoms with Crippen LogP contribution in [0, 0.1) is 6.92 Å². The van der Waals surface area contributed by atoms with Crippen molar-refractivity contribution in [2.45, 2.75) is 13.5 Å². The first-order valence-electron chi connectivity index (χ1n) is 8.23. The van der Waals surface area contributed by atoms with Crippen LogP contribution in [0.5, 0.6) is 5.75 Å². The number of benzene rings is 2.